The third-order valence-corrected chi connectivity index (χ3v) is 2.26. The molecule has 3 nitrogen and oxygen atoms in total. The van der Waals surface area contributed by atoms with Crippen LogP contribution in [0.3, 0.4) is 0 Å². The predicted octanol–water partition coefficient (Wildman–Crippen LogP) is 2.31. The number of Topliss-reactive ketones (excluding diaryl/α,β-unsaturated/α-hetero) is 1. The molecule has 0 saturated heterocycles. The second-order valence-electron chi connectivity index (χ2n) is 3.58. The summed E-state index contributed by atoms with van der Waals surface area (Å²) in [7, 11) is 0. The van der Waals surface area contributed by atoms with E-state index in [1.54, 1.807) is 13.0 Å². The average molecular weight is 232 g/mol. The van der Waals surface area contributed by atoms with Crippen molar-refractivity contribution < 1.29 is 14.3 Å². The lowest BCUT2D eigenvalue weighted by Gasteiger charge is -2.03. The molecular formula is C14H16O3. The largest absolute Gasteiger partial charge is 0.462 e. The zero-order chi connectivity index (χ0) is 12.7. The third-order valence-electron chi connectivity index (χ3n) is 2.26. The quantitative estimate of drug-likeness (QED) is 0.338. The molecule has 0 spiro atoms. The minimum Gasteiger partial charge on any atom is -0.462 e. The van der Waals surface area contributed by atoms with Crippen LogP contribution in [-0.4, -0.2) is 18.4 Å². The van der Waals surface area contributed by atoms with Crippen LogP contribution in [0.1, 0.15) is 19.4 Å². The molecule has 0 aromatic heterocycles. The smallest absolute Gasteiger partial charge is 0.341 e. The van der Waals surface area contributed by atoms with Crippen molar-refractivity contribution in [2.24, 2.45) is 0 Å². The Morgan fingerprint density at radius 2 is 1.88 bits per heavy atom. The Kier molecular flexibility index (Phi) is 5.14. The van der Waals surface area contributed by atoms with Crippen LogP contribution in [0.5, 0.6) is 0 Å². The normalized spacial score (nSPS) is 11.1. The maximum Gasteiger partial charge on any atom is 0.341 e. The van der Waals surface area contributed by atoms with Gasteiger partial charge in [-0.2, -0.15) is 0 Å². The third kappa shape index (κ3) is 4.23. The lowest BCUT2D eigenvalue weighted by atomic mass is 10.1. The Morgan fingerprint density at radius 3 is 2.41 bits per heavy atom. The van der Waals surface area contributed by atoms with Gasteiger partial charge in [-0.1, -0.05) is 36.4 Å². The number of carbonyl (C=O) groups excluding carboxylic acids is 2. The van der Waals surface area contributed by atoms with Gasteiger partial charge in [-0.25, -0.2) is 4.79 Å². The summed E-state index contributed by atoms with van der Waals surface area (Å²) in [4.78, 5) is 22.8. The van der Waals surface area contributed by atoms with Gasteiger partial charge in [0.25, 0.3) is 0 Å². The first kappa shape index (κ1) is 13.2. The molecule has 0 bridgehead atoms. The molecule has 1 aromatic carbocycles. The van der Waals surface area contributed by atoms with Crippen LogP contribution in [0, 0.1) is 0 Å². The minimum atomic E-state index is -0.545. The number of rotatable bonds is 5. The van der Waals surface area contributed by atoms with E-state index in [0.717, 1.165) is 5.56 Å². The molecule has 3 heteroatoms. The number of hydrogen-bond acceptors (Lipinski definition) is 3. The molecule has 0 fully saturated rings. The molecule has 90 valence electrons. The van der Waals surface area contributed by atoms with Gasteiger partial charge in [0.15, 0.2) is 5.78 Å². The summed E-state index contributed by atoms with van der Waals surface area (Å²) in [5.74, 6) is -0.810. The van der Waals surface area contributed by atoms with Crippen LogP contribution in [0.4, 0.5) is 0 Å². The summed E-state index contributed by atoms with van der Waals surface area (Å²) >= 11 is 0. The number of benzene rings is 1. The predicted molar refractivity (Wildman–Crippen MR) is 65.5 cm³/mol. The standard InChI is InChI=1S/C14H16O3/c1-3-17-14(16)13(11(2)15)10-9-12-7-5-4-6-8-12/h4-8,10H,3,9H2,1-2H3. The Morgan fingerprint density at radius 1 is 1.24 bits per heavy atom. The molecule has 0 aliphatic heterocycles. The van der Waals surface area contributed by atoms with E-state index in [4.69, 9.17) is 4.74 Å². The van der Waals surface area contributed by atoms with Gasteiger partial charge in [0, 0.05) is 0 Å². The minimum absolute atomic E-state index is 0.121. The second-order valence-corrected chi connectivity index (χ2v) is 3.58. The molecule has 0 heterocycles. The molecule has 1 aromatic rings. The van der Waals surface area contributed by atoms with Crippen molar-refractivity contribution in [2.75, 3.05) is 6.61 Å². The highest BCUT2D eigenvalue weighted by Gasteiger charge is 2.14. The van der Waals surface area contributed by atoms with Crippen molar-refractivity contribution in [1.82, 2.24) is 0 Å². The van der Waals surface area contributed by atoms with Gasteiger partial charge < -0.3 is 4.74 Å². The van der Waals surface area contributed by atoms with E-state index in [1.165, 1.54) is 6.92 Å². The van der Waals surface area contributed by atoms with Gasteiger partial charge in [0.2, 0.25) is 0 Å². The molecule has 0 aliphatic carbocycles. The van der Waals surface area contributed by atoms with Crippen molar-refractivity contribution in [3.8, 4) is 0 Å². The number of carbonyl (C=O) groups is 2. The maximum absolute atomic E-state index is 11.5. The van der Waals surface area contributed by atoms with E-state index >= 15 is 0 Å². The van der Waals surface area contributed by atoms with Crippen molar-refractivity contribution in [3.63, 3.8) is 0 Å². The van der Waals surface area contributed by atoms with Gasteiger partial charge in [-0.3, -0.25) is 4.79 Å². The van der Waals surface area contributed by atoms with E-state index in [0.29, 0.717) is 6.42 Å². The molecule has 0 amide bonds. The number of esters is 1. The van der Waals surface area contributed by atoms with Crippen LogP contribution < -0.4 is 0 Å². The molecule has 0 atom stereocenters. The summed E-state index contributed by atoms with van der Waals surface area (Å²) in [5, 5.41) is 0. The first-order valence-corrected chi connectivity index (χ1v) is 5.57. The number of ketones is 1. The molecule has 0 unspecified atom stereocenters. The van der Waals surface area contributed by atoms with Gasteiger partial charge >= 0.3 is 5.97 Å². The zero-order valence-electron chi connectivity index (χ0n) is 10.1. The highest BCUT2D eigenvalue weighted by molar-refractivity contribution is 6.16. The molecule has 17 heavy (non-hydrogen) atoms. The Labute approximate surface area is 101 Å². The van der Waals surface area contributed by atoms with Crippen molar-refractivity contribution in [2.45, 2.75) is 20.3 Å². The monoisotopic (exact) mass is 232 g/mol. The summed E-state index contributed by atoms with van der Waals surface area (Å²) in [6.45, 7) is 3.36. The Bertz CT molecular complexity index is 418. The molecule has 0 N–H and O–H groups in total. The first-order valence-electron chi connectivity index (χ1n) is 5.57. The molecule has 1 rings (SSSR count). The SMILES string of the molecule is CCOC(=O)C(=CCc1ccccc1)C(C)=O. The summed E-state index contributed by atoms with van der Waals surface area (Å²) in [6.07, 6.45) is 2.17. The molecule has 0 saturated carbocycles. The van der Waals surface area contributed by atoms with E-state index in [-0.39, 0.29) is 18.0 Å². The highest BCUT2D eigenvalue weighted by atomic mass is 16.5. The Balaban J connectivity index is 2.78. The number of allylic oxidation sites excluding steroid dienone is 1. The van der Waals surface area contributed by atoms with Crippen LogP contribution in [0.2, 0.25) is 0 Å². The van der Waals surface area contributed by atoms with Gasteiger partial charge in [0.1, 0.15) is 0 Å². The van der Waals surface area contributed by atoms with Gasteiger partial charge in [0.05, 0.1) is 12.2 Å². The number of hydrogen-bond donors (Lipinski definition) is 0. The van der Waals surface area contributed by atoms with Crippen molar-refractivity contribution in [3.05, 3.63) is 47.5 Å². The van der Waals surface area contributed by atoms with E-state index in [1.807, 2.05) is 30.3 Å². The van der Waals surface area contributed by atoms with E-state index in [9.17, 15) is 9.59 Å². The maximum atomic E-state index is 11.5. The van der Waals surface area contributed by atoms with Gasteiger partial charge in [-0.15, -0.1) is 0 Å². The summed E-state index contributed by atoms with van der Waals surface area (Å²) in [6, 6.07) is 9.64. The fraction of sp³-hybridized carbons (Fsp3) is 0.286. The molecular weight excluding hydrogens is 216 g/mol. The number of ether oxygens (including phenoxy) is 1. The topological polar surface area (TPSA) is 43.4 Å². The van der Waals surface area contributed by atoms with Crippen molar-refractivity contribution in [1.29, 1.82) is 0 Å². The van der Waals surface area contributed by atoms with E-state index < -0.39 is 5.97 Å². The van der Waals surface area contributed by atoms with E-state index in [2.05, 4.69) is 0 Å². The van der Waals surface area contributed by atoms with Gasteiger partial charge in [-0.05, 0) is 25.8 Å². The molecule has 0 radical (unpaired) electrons. The average Bonchev–Trinajstić information content (AvgIpc) is 2.30. The summed E-state index contributed by atoms with van der Waals surface area (Å²) in [5.41, 5.74) is 1.17. The fourth-order valence-corrected chi connectivity index (χ4v) is 1.41. The summed E-state index contributed by atoms with van der Waals surface area (Å²) < 4.78 is 4.83. The Hall–Kier alpha value is -1.90. The highest BCUT2D eigenvalue weighted by Crippen LogP contribution is 2.06. The fourth-order valence-electron chi connectivity index (χ4n) is 1.41. The molecule has 0 aliphatic rings. The van der Waals surface area contributed by atoms with Crippen molar-refractivity contribution >= 4 is 11.8 Å². The lowest BCUT2D eigenvalue weighted by molar-refractivity contribution is -0.139. The first-order chi connectivity index (χ1) is 8.15. The van der Waals surface area contributed by atoms with Crippen LogP contribution >= 0.6 is 0 Å². The lowest BCUT2D eigenvalue weighted by Crippen LogP contribution is -2.14. The van der Waals surface area contributed by atoms with Crippen LogP contribution in [0.15, 0.2) is 42.0 Å². The van der Waals surface area contributed by atoms with Crippen LogP contribution in [-0.2, 0) is 20.7 Å². The van der Waals surface area contributed by atoms with Crippen LogP contribution in [0.25, 0.3) is 0 Å². The second kappa shape index (κ2) is 6.63. The zero-order valence-corrected chi connectivity index (χ0v) is 10.1.